The van der Waals surface area contributed by atoms with Crippen molar-refractivity contribution < 1.29 is 4.74 Å². The molecule has 0 spiro atoms. The van der Waals surface area contributed by atoms with Crippen LogP contribution >= 0.6 is 11.6 Å². The number of benzene rings is 3. The Labute approximate surface area is 116 Å². The molecule has 3 aromatic carbocycles. The summed E-state index contributed by atoms with van der Waals surface area (Å²) in [6.07, 6.45) is 0.907. The van der Waals surface area contributed by atoms with Crippen LogP contribution in [-0.4, -0.2) is 0 Å². The molecule has 0 saturated carbocycles. The number of hydrogen-bond donors (Lipinski definition) is 0. The zero-order valence-electron chi connectivity index (χ0n) is 10.2. The van der Waals surface area contributed by atoms with Gasteiger partial charge in [0.25, 0.3) is 0 Å². The van der Waals surface area contributed by atoms with Gasteiger partial charge in [-0.3, -0.25) is 0 Å². The van der Waals surface area contributed by atoms with Crippen molar-refractivity contribution in [3.8, 4) is 11.5 Å². The maximum atomic E-state index is 6.05. The van der Waals surface area contributed by atoms with Crippen LogP contribution in [0.2, 0.25) is 5.02 Å². The molecular weight excluding hydrogens is 256 g/mol. The fourth-order valence-corrected chi connectivity index (χ4v) is 2.86. The van der Waals surface area contributed by atoms with E-state index in [0.29, 0.717) is 0 Å². The van der Waals surface area contributed by atoms with Gasteiger partial charge in [0, 0.05) is 17.0 Å². The molecular formula is C17H11ClO. The third-order valence-corrected chi connectivity index (χ3v) is 3.85. The first-order valence-electron chi connectivity index (χ1n) is 6.28. The molecule has 0 aromatic heterocycles. The summed E-state index contributed by atoms with van der Waals surface area (Å²) >= 11 is 6.05. The smallest absolute Gasteiger partial charge is 0.131 e. The minimum absolute atomic E-state index is 0.768. The van der Waals surface area contributed by atoms with Gasteiger partial charge in [0.2, 0.25) is 0 Å². The van der Waals surface area contributed by atoms with Gasteiger partial charge in [-0.2, -0.15) is 0 Å². The molecule has 1 heterocycles. The third kappa shape index (κ3) is 1.70. The predicted molar refractivity (Wildman–Crippen MR) is 78.3 cm³/mol. The van der Waals surface area contributed by atoms with Gasteiger partial charge in [0.1, 0.15) is 11.5 Å². The van der Waals surface area contributed by atoms with E-state index in [4.69, 9.17) is 16.3 Å². The molecule has 0 aliphatic carbocycles. The van der Waals surface area contributed by atoms with Gasteiger partial charge in [0.15, 0.2) is 0 Å². The highest BCUT2D eigenvalue weighted by molar-refractivity contribution is 6.31. The number of rotatable bonds is 0. The van der Waals surface area contributed by atoms with Crippen molar-refractivity contribution in [1.82, 2.24) is 0 Å². The minimum atomic E-state index is 0.768. The number of para-hydroxylation sites is 1. The van der Waals surface area contributed by atoms with Crippen molar-refractivity contribution in [1.29, 1.82) is 0 Å². The SMILES string of the molecule is Clc1ccc2c3c(ccc2c1)Oc1ccccc1C3. The summed E-state index contributed by atoms with van der Waals surface area (Å²) in [5.41, 5.74) is 2.48. The monoisotopic (exact) mass is 266 g/mol. The van der Waals surface area contributed by atoms with Crippen LogP contribution in [0.3, 0.4) is 0 Å². The standard InChI is InChI=1S/C17H11ClO/c18-13-6-7-14-11(9-13)5-8-17-15(14)10-12-3-1-2-4-16(12)19-17/h1-9H,10H2. The highest BCUT2D eigenvalue weighted by Gasteiger charge is 2.18. The van der Waals surface area contributed by atoms with Gasteiger partial charge in [-0.1, -0.05) is 41.9 Å². The minimum Gasteiger partial charge on any atom is -0.457 e. The van der Waals surface area contributed by atoms with E-state index in [1.807, 2.05) is 30.3 Å². The molecule has 92 valence electrons. The van der Waals surface area contributed by atoms with Gasteiger partial charge in [-0.15, -0.1) is 0 Å². The summed E-state index contributed by atoms with van der Waals surface area (Å²) in [7, 11) is 0. The quantitative estimate of drug-likeness (QED) is 0.426. The van der Waals surface area contributed by atoms with Crippen LogP contribution in [0.1, 0.15) is 11.1 Å². The Morgan fingerprint density at radius 2 is 1.79 bits per heavy atom. The van der Waals surface area contributed by atoms with E-state index in [0.717, 1.165) is 28.3 Å². The second kappa shape index (κ2) is 4.01. The maximum Gasteiger partial charge on any atom is 0.131 e. The summed E-state index contributed by atoms with van der Waals surface area (Å²) in [5, 5.41) is 3.15. The molecule has 1 aliphatic heterocycles. The van der Waals surface area contributed by atoms with E-state index in [9.17, 15) is 0 Å². The molecule has 0 unspecified atom stereocenters. The zero-order valence-corrected chi connectivity index (χ0v) is 10.9. The first-order valence-corrected chi connectivity index (χ1v) is 6.66. The summed E-state index contributed by atoms with van der Waals surface area (Å²) in [5.74, 6) is 1.91. The molecule has 19 heavy (non-hydrogen) atoms. The molecule has 0 N–H and O–H groups in total. The van der Waals surface area contributed by atoms with Crippen LogP contribution < -0.4 is 4.74 Å². The van der Waals surface area contributed by atoms with Crippen molar-refractivity contribution in [2.75, 3.05) is 0 Å². The highest BCUT2D eigenvalue weighted by atomic mass is 35.5. The Morgan fingerprint density at radius 1 is 0.895 bits per heavy atom. The van der Waals surface area contributed by atoms with Gasteiger partial charge >= 0.3 is 0 Å². The van der Waals surface area contributed by atoms with Crippen LogP contribution in [0.5, 0.6) is 11.5 Å². The van der Waals surface area contributed by atoms with Crippen molar-refractivity contribution in [3.63, 3.8) is 0 Å². The van der Waals surface area contributed by atoms with Crippen LogP contribution in [0.25, 0.3) is 10.8 Å². The zero-order chi connectivity index (χ0) is 12.8. The highest BCUT2D eigenvalue weighted by Crippen LogP contribution is 2.40. The average molecular weight is 267 g/mol. The van der Waals surface area contributed by atoms with Gasteiger partial charge in [-0.25, -0.2) is 0 Å². The summed E-state index contributed by atoms with van der Waals surface area (Å²) in [6.45, 7) is 0. The second-order valence-corrected chi connectivity index (χ2v) is 5.23. The van der Waals surface area contributed by atoms with E-state index in [1.165, 1.54) is 16.5 Å². The van der Waals surface area contributed by atoms with Crippen LogP contribution in [0, 0.1) is 0 Å². The third-order valence-electron chi connectivity index (χ3n) is 3.61. The lowest BCUT2D eigenvalue weighted by atomic mass is 9.95. The van der Waals surface area contributed by atoms with E-state index in [2.05, 4.69) is 24.3 Å². The van der Waals surface area contributed by atoms with Crippen molar-refractivity contribution in [2.24, 2.45) is 0 Å². The Kier molecular flexibility index (Phi) is 2.30. The van der Waals surface area contributed by atoms with E-state index < -0.39 is 0 Å². The van der Waals surface area contributed by atoms with Crippen LogP contribution in [0.15, 0.2) is 54.6 Å². The van der Waals surface area contributed by atoms with Gasteiger partial charge in [-0.05, 0) is 40.6 Å². The lowest BCUT2D eigenvalue weighted by molar-refractivity contribution is 0.461. The summed E-state index contributed by atoms with van der Waals surface area (Å²) < 4.78 is 5.98. The molecule has 0 atom stereocenters. The second-order valence-electron chi connectivity index (χ2n) is 4.79. The summed E-state index contributed by atoms with van der Waals surface area (Å²) in [4.78, 5) is 0. The molecule has 4 rings (SSSR count). The molecule has 1 nitrogen and oxygen atoms in total. The number of ether oxygens (including phenoxy) is 1. The van der Waals surface area contributed by atoms with Crippen molar-refractivity contribution in [3.05, 3.63) is 70.7 Å². The molecule has 1 aliphatic rings. The fraction of sp³-hybridized carbons (Fsp3) is 0.0588. The van der Waals surface area contributed by atoms with E-state index >= 15 is 0 Å². The van der Waals surface area contributed by atoms with Crippen LogP contribution in [-0.2, 0) is 6.42 Å². The summed E-state index contributed by atoms with van der Waals surface area (Å²) in [6, 6.07) is 18.3. The topological polar surface area (TPSA) is 9.23 Å². The van der Waals surface area contributed by atoms with Crippen LogP contribution in [0.4, 0.5) is 0 Å². The number of halogens is 1. The Hall–Kier alpha value is -1.99. The number of fused-ring (bicyclic) bond motifs is 4. The Morgan fingerprint density at radius 3 is 2.74 bits per heavy atom. The van der Waals surface area contributed by atoms with Crippen molar-refractivity contribution >= 4 is 22.4 Å². The predicted octanol–water partition coefficient (Wildman–Crippen LogP) is 5.19. The van der Waals surface area contributed by atoms with Gasteiger partial charge in [0.05, 0.1) is 0 Å². The molecule has 2 heteroatoms. The average Bonchev–Trinajstić information content (AvgIpc) is 2.44. The maximum absolute atomic E-state index is 6.05. The number of hydrogen-bond acceptors (Lipinski definition) is 1. The molecule has 0 radical (unpaired) electrons. The normalized spacial score (nSPS) is 12.7. The lowest BCUT2D eigenvalue weighted by Crippen LogP contribution is -2.03. The molecule has 3 aromatic rings. The van der Waals surface area contributed by atoms with Crippen molar-refractivity contribution in [2.45, 2.75) is 6.42 Å². The first-order chi connectivity index (χ1) is 9.31. The first kappa shape index (κ1) is 10.9. The fourth-order valence-electron chi connectivity index (χ4n) is 2.68. The molecule has 0 bridgehead atoms. The lowest BCUT2D eigenvalue weighted by Gasteiger charge is -2.21. The largest absolute Gasteiger partial charge is 0.457 e. The van der Waals surface area contributed by atoms with E-state index in [-0.39, 0.29) is 0 Å². The molecule has 0 fully saturated rings. The molecule has 0 amide bonds. The Bertz CT molecular complexity index is 792. The van der Waals surface area contributed by atoms with E-state index in [1.54, 1.807) is 0 Å². The Balaban J connectivity index is 1.96. The molecule has 0 saturated heterocycles. The van der Waals surface area contributed by atoms with Gasteiger partial charge < -0.3 is 4.74 Å².